The van der Waals surface area contributed by atoms with Crippen LogP contribution in [0.25, 0.3) is 0 Å². The molecule has 118 valence electrons. The highest BCUT2D eigenvalue weighted by Crippen LogP contribution is 1.99. The molecule has 3 N–H and O–H groups in total. The zero-order valence-corrected chi connectivity index (χ0v) is 12.3. The first-order chi connectivity index (χ1) is 9.61. The monoisotopic (exact) mass is 290 g/mol. The SMILES string of the molecule is CCC(CNC(=O)NCCCCOCCOC)C(=O)O. The Hall–Kier alpha value is -1.34. The Morgan fingerprint density at radius 1 is 1.15 bits per heavy atom. The number of carbonyl (C=O) groups excluding carboxylic acids is 1. The van der Waals surface area contributed by atoms with Crippen molar-refractivity contribution in [1.29, 1.82) is 0 Å². The number of amides is 2. The van der Waals surface area contributed by atoms with Crippen LogP contribution in [0.3, 0.4) is 0 Å². The van der Waals surface area contributed by atoms with Crippen molar-refractivity contribution in [2.45, 2.75) is 26.2 Å². The smallest absolute Gasteiger partial charge is 0.314 e. The first-order valence-corrected chi connectivity index (χ1v) is 6.93. The summed E-state index contributed by atoms with van der Waals surface area (Å²) >= 11 is 0. The number of hydrogen-bond donors (Lipinski definition) is 3. The Kier molecular flexibility index (Phi) is 11.8. The molecule has 0 bridgehead atoms. The van der Waals surface area contributed by atoms with Gasteiger partial charge in [-0.3, -0.25) is 4.79 Å². The van der Waals surface area contributed by atoms with Gasteiger partial charge in [0.05, 0.1) is 19.1 Å². The van der Waals surface area contributed by atoms with Crippen molar-refractivity contribution >= 4 is 12.0 Å². The number of methoxy groups -OCH3 is 1. The molecule has 0 saturated heterocycles. The zero-order valence-electron chi connectivity index (χ0n) is 12.3. The molecule has 1 atom stereocenters. The van der Waals surface area contributed by atoms with E-state index in [1.165, 1.54) is 0 Å². The first-order valence-electron chi connectivity index (χ1n) is 6.93. The minimum absolute atomic E-state index is 0.151. The summed E-state index contributed by atoms with van der Waals surface area (Å²) in [6.45, 7) is 4.29. The van der Waals surface area contributed by atoms with E-state index in [4.69, 9.17) is 14.6 Å². The summed E-state index contributed by atoms with van der Waals surface area (Å²) in [4.78, 5) is 22.2. The van der Waals surface area contributed by atoms with Crippen LogP contribution in [0.4, 0.5) is 4.79 Å². The molecule has 0 spiro atoms. The number of rotatable bonds is 12. The highest BCUT2D eigenvalue weighted by atomic mass is 16.5. The third kappa shape index (κ3) is 10.6. The normalized spacial score (nSPS) is 11.9. The highest BCUT2D eigenvalue weighted by molar-refractivity contribution is 5.75. The third-order valence-electron chi connectivity index (χ3n) is 2.78. The van der Waals surface area contributed by atoms with Crippen molar-refractivity contribution in [3.8, 4) is 0 Å². The second kappa shape index (κ2) is 12.7. The van der Waals surface area contributed by atoms with Crippen molar-refractivity contribution in [3.05, 3.63) is 0 Å². The number of carbonyl (C=O) groups is 2. The van der Waals surface area contributed by atoms with E-state index in [1.807, 2.05) is 0 Å². The standard InChI is InChI=1S/C13H26N2O5/c1-3-11(12(16)17)10-15-13(18)14-6-4-5-7-20-9-8-19-2/h11H,3-10H2,1-2H3,(H,16,17)(H2,14,15,18). The maximum Gasteiger partial charge on any atom is 0.314 e. The third-order valence-corrected chi connectivity index (χ3v) is 2.78. The van der Waals surface area contributed by atoms with Crippen LogP contribution in [0.15, 0.2) is 0 Å². The molecule has 0 aromatic rings. The molecule has 0 radical (unpaired) electrons. The van der Waals surface area contributed by atoms with Gasteiger partial charge in [-0.2, -0.15) is 0 Å². The van der Waals surface area contributed by atoms with Gasteiger partial charge in [-0.1, -0.05) is 6.92 Å². The molecule has 2 amide bonds. The lowest BCUT2D eigenvalue weighted by atomic mass is 10.1. The van der Waals surface area contributed by atoms with Crippen molar-refractivity contribution in [1.82, 2.24) is 10.6 Å². The average molecular weight is 290 g/mol. The van der Waals surface area contributed by atoms with Crippen LogP contribution in [0.2, 0.25) is 0 Å². The Morgan fingerprint density at radius 3 is 2.50 bits per heavy atom. The Balaban J connectivity index is 3.43. The number of carboxylic acids is 1. The summed E-state index contributed by atoms with van der Waals surface area (Å²) in [7, 11) is 1.62. The molecule has 0 aliphatic heterocycles. The maximum atomic E-state index is 11.4. The van der Waals surface area contributed by atoms with Crippen LogP contribution in [-0.2, 0) is 14.3 Å². The predicted octanol–water partition coefficient (Wildman–Crippen LogP) is 0.840. The van der Waals surface area contributed by atoms with Crippen LogP contribution >= 0.6 is 0 Å². The van der Waals surface area contributed by atoms with Gasteiger partial charge in [0.2, 0.25) is 0 Å². The van der Waals surface area contributed by atoms with Crippen molar-refractivity contribution in [3.63, 3.8) is 0 Å². The molecular formula is C13H26N2O5. The Labute approximate surface area is 120 Å². The quantitative estimate of drug-likeness (QED) is 0.463. The molecule has 0 rings (SSSR count). The first kappa shape index (κ1) is 18.7. The largest absolute Gasteiger partial charge is 0.481 e. The van der Waals surface area contributed by atoms with Crippen molar-refractivity contribution in [2.75, 3.05) is 40.0 Å². The zero-order chi connectivity index (χ0) is 15.2. The molecule has 0 saturated carbocycles. The Morgan fingerprint density at radius 2 is 1.90 bits per heavy atom. The molecule has 0 aliphatic rings. The van der Waals surface area contributed by atoms with Gasteiger partial charge >= 0.3 is 12.0 Å². The molecule has 0 aromatic heterocycles. The van der Waals surface area contributed by atoms with E-state index in [0.717, 1.165) is 12.8 Å². The van der Waals surface area contributed by atoms with Gasteiger partial charge in [0, 0.05) is 26.8 Å². The van der Waals surface area contributed by atoms with E-state index in [1.54, 1.807) is 14.0 Å². The topological polar surface area (TPSA) is 96.9 Å². The lowest BCUT2D eigenvalue weighted by molar-refractivity contribution is -0.141. The second-order valence-corrected chi connectivity index (χ2v) is 4.39. The number of nitrogens with one attached hydrogen (secondary N) is 2. The lowest BCUT2D eigenvalue weighted by Gasteiger charge is -2.12. The number of carboxylic acid groups (broad SMARTS) is 1. The van der Waals surface area contributed by atoms with E-state index in [2.05, 4.69) is 10.6 Å². The molecule has 0 aliphatic carbocycles. The minimum atomic E-state index is -0.888. The molecule has 0 heterocycles. The fourth-order valence-corrected chi connectivity index (χ4v) is 1.46. The minimum Gasteiger partial charge on any atom is -0.481 e. The molecule has 7 heteroatoms. The number of unbranched alkanes of at least 4 members (excludes halogenated alkanes) is 1. The van der Waals surface area contributed by atoms with Gasteiger partial charge in [-0.15, -0.1) is 0 Å². The summed E-state index contributed by atoms with van der Waals surface area (Å²) in [5.41, 5.74) is 0. The van der Waals surface area contributed by atoms with E-state index in [-0.39, 0.29) is 12.6 Å². The van der Waals surface area contributed by atoms with E-state index < -0.39 is 11.9 Å². The van der Waals surface area contributed by atoms with Gasteiger partial charge in [0.1, 0.15) is 0 Å². The predicted molar refractivity (Wildman–Crippen MR) is 74.7 cm³/mol. The number of hydrogen-bond acceptors (Lipinski definition) is 4. The van der Waals surface area contributed by atoms with Crippen LogP contribution in [0, 0.1) is 5.92 Å². The summed E-state index contributed by atoms with van der Waals surface area (Å²) < 4.78 is 10.1. The van der Waals surface area contributed by atoms with Crippen LogP contribution in [-0.4, -0.2) is 57.1 Å². The van der Waals surface area contributed by atoms with Gasteiger partial charge < -0.3 is 25.2 Å². The lowest BCUT2D eigenvalue weighted by Crippen LogP contribution is -2.40. The molecule has 7 nitrogen and oxygen atoms in total. The number of urea groups is 1. The summed E-state index contributed by atoms with van der Waals surface area (Å²) in [5.74, 6) is -1.42. The Bertz CT molecular complexity index is 273. The van der Waals surface area contributed by atoms with Gasteiger partial charge in [-0.25, -0.2) is 4.79 Å². The maximum absolute atomic E-state index is 11.4. The highest BCUT2D eigenvalue weighted by Gasteiger charge is 2.15. The molecule has 1 unspecified atom stereocenters. The van der Waals surface area contributed by atoms with Crippen molar-refractivity contribution in [2.24, 2.45) is 5.92 Å². The number of aliphatic carboxylic acids is 1. The van der Waals surface area contributed by atoms with E-state index in [9.17, 15) is 9.59 Å². The van der Waals surface area contributed by atoms with Crippen LogP contribution in [0.1, 0.15) is 26.2 Å². The molecule has 0 aromatic carbocycles. The fraction of sp³-hybridized carbons (Fsp3) is 0.846. The summed E-state index contributed by atoms with van der Waals surface area (Å²) in [5, 5.41) is 14.1. The van der Waals surface area contributed by atoms with Crippen molar-refractivity contribution < 1.29 is 24.2 Å². The fourth-order valence-electron chi connectivity index (χ4n) is 1.46. The van der Waals surface area contributed by atoms with E-state index in [0.29, 0.717) is 32.8 Å². The summed E-state index contributed by atoms with van der Waals surface area (Å²) in [6.07, 6.45) is 2.17. The second-order valence-electron chi connectivity index (χ2n) is 4.39. The molecular weight excluding hydrogens is 264 g/mol. The average Bonchev–Trinajstić information content (AvgIpc) is 2.42. The van der Waals surface area contributed by atoms with Gasteiger partial charge in [-0.05, 0) is 19.3 Å². The molecule has 20 heavy (non-hydrogen) atoms. The van der Waals surface area contributed by atoms with Gasteiger partial charge in [0.15, 0.2) is 0 Å². The van der Waals surface area contributed by atoms with Gasteiger partial charge in [0.25, 0.3) is 0 Å². The number of ether oxygens (including phenoxy) is 2. The van der Waals surface area contributed by atoms with Crippen LogP contribution < -0.4 is 10.6 Å². The van der Waals surface area contributed by atoms with Crippen LogP contribution in [0.5, 0.6) is 0 Å². The summed E-state index contributed by atoms with van der Waals surface area (Å²) in [6, 6.07) is -0.329. The molecule has 0 fully saturated rings. The van der Waals surface area contributed by atoms with E-state index >= 15 is 0 Å².